The van der Waals surface area contributed by atoms with Gasteiger partial charge in [0, 0.05) is 11.1 Å². The molecule has 0 bridgehead atoms. The Labute approximate surface area is 130 Å². The highest BCUT2D eigenvalue weighted by atomic mass is 35.5. The molecule has 2 rings (SSSR count). The smallest absolute Gasteiger partial charge is 0.234 e. The van der Waals surface area contributed by atoms with E-state index in [1.807, 2.05) is 30.3 Å². The Morgan fingerprint density at radius 2 is 2.00 bits per heavy atom. The van der Waals surface area contributed by atoms with Gasteiger partial charge < -0.3 is 10.6 Å². The molecular weight excluding hydrogens is 286 g/mol. The molecule has 0 aliphatic heterocycles. The molecule has 1 aromatic rings. The van der Waals surface area contributed by atoms with Crippen molar-refractivity contribution in [2.75, 3.05) is 13.1 Å². The van der Waals surface area contributed by atoms with Crippen LogP contribution in [0.15, 0.2) is 24.3 Å². The second kappa shape index (κ2) is 8.02. The van der Waals surface area contributed by atoms with Gasteiger partial charge in [-0.3, -0.25) is 4.79 Å². The second-order valence-electron chi connectivity index (χ2n) is 5.39. The second-order valence-corrected chi connectivity index (χ2v) is 5.83. The first-order valence-corrected chi connectivity index (χ1v) is 7.71. The number of nitrogens with one attached hydrogen (secondary N) is 2. The van der Waals surface area contributed by atoms with Crippen molar-refractivity contribution in [3.05, 3.63) is 34.9 Å². The quantitative estimate of drug-likeness (QED) is 0.794. The lowest BCUT2D eigenvalue weighted by Crippen LogP contribution is -2.37. The fraction of sp³-hybridized carbons (Fsp3) is 0.500. The van der Waals surface area contributed by atoms with Crippen LogP contribution >= 0.6 is 11.6 Å². The van der Waals surface area contributed by atoms with Crippen LogP contribution in [0.2, 0.25) is 5.02 Å². The molecule has 0 spiro atoms. The summed E-state index contributed by atoms with van der Waals surface area (Å²) in [5.74, 6) is 0.406. The summed E-state index contributed by atoms with van der Waals surface area (Å²) in [6.07, 6.45) is 4.86. The van der Waals surface area contributed by atoms with Gasteiger partial charge in [-0.2, -0.15) is 5.26 Å². The number of hydrogen-bond acceptors (Lipinski definition) is 3. The minimum atomic E-state index is -0.145. The molecule has 1 aliphatic rings. The molecular formula is C16H20ClN3O. The van der Waals surface area contributed by atoms with Crippen molar-refractivity contribution in [2.24, 2.45) is 5.92 Å². The molecule has 1 saturated carbocycles. The van der Waals surface area contributed by atoms with E-state index in [1.165, 1.54) is 31.2 Å². The number of rotatable bonds is 6. The van der Waals surface area contributed by atoms with Crippen LogP contribution in [0.1, 0.15) is 37.3 Å². The maximum absolute atomic E-state index is 11.7. The lowest BCUT2D eigenvalue weighted by molar-refractivity contribution is -0.120. The van der Waals surface area contributed by atoms with E-state index in [0.717, 1.165) is 5.02 Å². The molecule has 0 radical (unpaired) electrons. The Hall–Kier alpha value is -1.57. The molecule has 1 aliphatic carbocycles. The monoisotopic (exact) mass is 305 g/mol. The van der Waals surface area contributed by atoms with Crippen LogP contribution in [0, 0.1) is 17.2 Å². The summed E-state index contributed by atoms with van der Waals surface area (Å²) in [7, 11) is 0. The number of nitrogens with zero attached hydrogens (tertiary/aromatic N) is 1. The Morgan fingerprint density at radius 3 is 2.62 bits per heavy atom. The van der Waals surface area contributed by atoms with E-state index in [2.05, 4.69) is 10.6 Å². The van der Waals surface area contributed by atoms with Crippen LogP contribution in [0.25, 0.3) is 0 Å². The van der Waals surface area contributed by atoms with E-state index in [4.69, 9.17) is 16.9 Å². The van der Waals surface area contributed by atoms with Gasteiger partial charge in [-0.05, 0) is 36.5 Å². The Balaban J connectivity index is 2.00. The molecule has 4 nitrogen and oxygen atoms in total. The molecule has 21 heavy (non-hydrogen) atoms. The van der Waals surface area contributed by atoms with Crippen molar-refractivity contribution in [3.8, 4) is 6.07 Å². The maximum Gasteiger partial charge on any atom is 0.234 e. The van der Waals surface area contributed by atoms with Gasteiger partial charge in [0.15, 0.2) is 0 Å². The lowest BCUT2D eigenvalue weighted by atomic mass is 9.91. The van der Waals surface area contributed by atoms with Gasteiger partial charge in [-0.1, -0.05) is 36.6 Å². The molecule has 0 aromatic heterocycles. The van der Waals surface area contributed by atoms with E-state index in [9.17, 15) is 4.79 Å². The summed E-state index contributed by atoms with van der Waals surface area (Å²) in [5, 5.41) is 15.1. The van der Waals surface area contributed by atoms with Crippen molar-refractivity contribution < 1.29 is 4.79 Å². The highest BCUT2D eigenvalue weighted by molar-refractivity contribution is 6.30. The standard InChI is InChI=1S/C16H20ClN3O/c17-14-7-5-13(6-8-14)16(12-3-1-2-4-12)20-11-15(21)19-10-9-18/h5-8,12,16,20H,1-4,10-11H2,(H,19,21). The first-order chi connectivity index (χ1) is 10.2. The van der Waals surface area contributed by atoms with Gasteiger partial charge in [-0.25, -0.2) is 0 Å². The number of hydrogen-bond donors (Lipinski definition) is 2. The minimum absolute atomic E-state index is 0.0511. The van der Waals surface area contributed by atoms with Gasteiger partial charge >= 0.3 is 0 Å². The number of nitriles is 1. The van der Waals surface area contributed by atoms with E-state index in [1.54, 1.807) is 0 Å². The summed E-state index contributed by atoms with van der Waals surface area (Å²) in [4.78, 5) is 11.7. The molecule has 112 valence electrons. The molecule has 2 N–H and O–H groups in total. The first kappa shape index (κ1) is 15.8. The number of halogens is 1. The lowest BCUT2D eigenvalue weighted by Gasteiger charge is -2.25. The van der Waals surface area contributed by atoms with Crippen molar-refractivity contribution >= 4 is 17.5 Å². The molecule has 1 aromatic carbocycles. The number of benzene rings is 1. The van der Waals surface area contributed by atoms with Gasteiger partial charge in [0.1, 0.15) is 6.54 Å². The number of carbonyl (C=O) groups excluding carboxylic acids is 1. The highest BCUT2D eigenvalue weighted by Gasteiger charge is 2.26. The van der Waals surface area contributed by atoms with Gasteiger partial charge in [0.05, 0.1) is 12.6 Å². The van der Waals surface area contributed by atoms with E-state index in [0.29, 0.717) is 5.92 Å². The van der Waals surface area contributed by atoms with Crippen molar-refractivity contribution in [1.29, 1.82) is 5.26 Å². The van der Waals surface area contributed by atoms with Crippen LogP contribution in [0.5, 0.6) is 0 Å². The molecule has 1 amide bonds. The minimum Gasteiger partial charge on any atom is -0.342 e. The summed E-state index contributed by atoms with van der Waals surface area (Å²) in [6.45, 7) is 0.279. The molecule has 1 fully saturated rings. The largest absolute Gasteiger partial charge is 0.342 e. The van der Waals surface area contributed by atoms with Crippen LogP contribution in [0.3, 0.4) is 0 Å². The summed E-state index contributed by atoms with van der Waals surface area (Å²) < 4.78 is 0. The van der Waals surface area contributed by atoms with Crippen LogP contribution in [-0.2, 0) is 4.79 Å². The Kier molecular flexibility index (Phi) is 6.04. The zero-order chi connectivity index (χ0) is 15.1. The molecule has 1 unspecified atom stereocenters. The van der Waals surface area contributed by atoms with E-state index >= 15 is 0 Å². The number of carbonyl (C=O) groups is 1. The van der Waals surface area contributed by atoms with Crippen molar-refractivity contribution in [3.63, 3.8) is 0 Å². The molecule has 1 atom stereocenters. The molecule has 5 heteroatoms. The molecule has 0 heterocycles. The Morgan fingerprint density at radius 1 is 1.33 bits per heavy atom. The maximum atomic E-state index is 11.7. The fourth-order valence-electron chi connectivity index (χ4n) is 2.92. The average molecular weight is 306 g/mol. The molecule has 0 saturated heterocycles. The van der Waals surface area contributed by atoms with Gasteiger partial charge in [-0.15, -0.1) is 0 Å². The van der Waals surface area contributed by atoms with Crippen LogP contribution in [0.4, 0.5) is 0 Å². The third-order valence-corrected chi connectivity index (χ3v) is 4.20. The SMILES string of the molecule is N#CCNC(=O)CNC(c1ccc(Cl)cc1)C1CCCC1. The Bertz CT molecular complexity index is 503. The normalized spacial score (nSPS) is 16.4. The predicted octanol–water partition coefficient (Wildman–Crippen LogP) is 2.80. The summed E-state index contributed by atoms with van der Waals surface area (Å²) >= 11 is 5.95. The highest BCUT2D eigenvalue weighted by Crippen LogP contribution is 2.35. The van der Waals surface area contributed by atoms with Crippen LogP contribution in [-0.4, -0.2) is 19.0 Å². The topological polar surface area (TPSA) is 64.9 Å². The van der Waals surface area contributed by atoms with Crippen molar-refractivity contribution in [2.45, 2.75) is 31.7 Å². The third-order valence-electron chi connectivity index (χ3n) is 3.95. The van der Waals surface area contributed by atoms with Gasteiger partial charge in [0.25, 0.3) is 0 Å². The predicted molar refractivity (Wildman–Crippen MR) is 82.8 cm³/mol. The number of amides is 1. The fourth-order valence-corrected chi connectivity index (χ4v) is 3.05. The third kappa shape index (κ3) is 4.73. The average Bonchev–Trinajstić information content (AvgIpc) is 3.01. The first-order valence-electron chi connectivity index (χ1n) is 7.33. The zero-order valence-electron chi connectivity index (χ0n) is 11.9. The van der Waals surface area contributed by atoms with Crippen LogP contribution < -0.4 is 10.6 Å². The van der Waals surface area contributed by atoms with Crippen molar-refractivity contribution in [1.82, 2.24) is 10.6 Å². The zero-order valence-corrected chi connectivity index (χ0v) is 12.7. The summed E-state index contributed by atoms with van der Waals surface area (Å²) in [5.41, 5.74) is 1.17. The van der Waals surface area contributed by atoms with Gasteiger partial charge in [0.2, 0.25) is 5.91 Å². The van der Waals surface area contributed by atoms with E-state index < -0.39 is 0 Å². The summed E-state index contributed by atoms with van der Waals surface area (Å²) in [6, 6.07) is 9.88. The van der Waals surface area contributed by atoms with E-state index in [-0.39, 0.29) is 25.0 Å².